The van der Waals surface area contributed by atoms with Gasteiger partial charge < -0.3 is 5.11 Å². The Kier molecular flexibility index (Phi) is 3.47. The molecular weight excluding hydrogens is 218 g/mol. The van der Waals surface area contributed by atoms with Crippen LogP contribution in [-0.2, 0) is 11.3 Å². The van der Waals surface area contributed by atoms with Crippen LogP contribution in [0, 0.1) is 5.92 Å². The highest BCUT2D eigenvalue weighted by molar-refractivity contribution is 5.74. The van der Waals surface area contributed by atoms with Crippen LogP contribution in [-0.4, -0.2) is 26.9 Å². The van der Waals surface area contributed by atoms with Crippen LogP contribution >= 0.6 is 0 Å². The molecule has 0 amide bonds. The lowest BCUT2D eigenvalue weighted by molar-refractivity contribution is -0.140. The van der Waals surface area contributed by atoms with Crippen LogP contribution in [0.4, 0.5) is 0 Å². The van der Waals surface area contributed by atoms with Crippen molar-refractivity contribution in [1.82, 2.24) is 15.1 Å². The highest BCUT2D eigenvalue weighted by Crippen LogP contribution is 2.32. The zero-order valence-corrected chi connectivity index (χ0v) is 10.3. The third-order valence-electron chi connectivity index (χ3n) is 3.07. The normalized spacial score (nSPS) is 17.4. The van der Waals surface area contributed by atoms with Crippen LogP contribution in [0.25, 0.3) is 0 Å². The minimum Gasteiger partial charge on any atom is -0.480 e. The predicted octanol–water partition coefficient (Wildman–Crippen LogP) is 1.42. The van der Waals surface area contributed by atoms with Gasteiger partial charge in [0.25, 0.3) is 0 Å². The topological polar surface area (TPSA) is 67.2 Å². The molecule has 0 bridgehead atoms. The summed E-state index contributed by atoms with van der Waals surface area (Å²) in [5.74, 6) is -0.434. The Bertz CT molecular complexity index is 396. The van der Waals surface area contributed by atoms with E-state index in [-0.39, 0.29) is 0 Å². The van der Waals surface area contributed by atoms with Crippen LogP contribution in [0.15, 0.2) is 12.4 Å². The second kappa shape index (κ2) is 4.87. The van der Waals surface area contributed by atoms with Crippen molar-refractivity contribution >= 4 is 5.97 Å². The Morgan fingerprint density at radius 3 is 2.82 bits per heavy atom. The molecule has 5 nitrogen and oxygen atoms in total. The third kappa shape index (κ3) is 3.06. The largest absolute Gasteiger partial charge is 0.480 e. The number of carboxylic acid groups (broad SMARTS) is 1. The van der Waals surface area contributed by atoms with Crippen molar-refractivity contribution in [2.75, 3.05) is 0 Å². The monoisotopic (exact) mass is 237 g/mol. The van der Waals surface area contributed by atoms with Gasteiger partial charge in [-0.1, -0.05) is 0 Å². The molecule has 0 saturated heterocycles. The average molecular weight is 237 g/mol. The lowest BCUT2D eigenvalue weighted by Gasteiger charge is -2.12. The number of hydrogen-bond acceptors (Lipinski definition) is 3. The fourth-order valence-corrected chi connectivity index (χ4v) is 1.86. The summed E-state index contributed by atoms with van der Waals surface area (Å²) in [6, 6.07) is -0.0696. The molecule has 1 aromatic heterocycles. The number of aromatic nitrogens is 2. The lowest BCUT2D eigenvalue weighted by Crippen LogP contribution is -2.37. The number of carbonyl (C=O) groups is 1. The molecule has 1 unspecified atom stereocenters. The number of rotatable bonds is 6. The first kappa shape index (κ1) is 12.1. The number of aliphatic carboxylic acids is 1. The van der Waals surface area contributed by atoms with Crippen molar-refractivity contribution in [2.24, 2.45) is 5.92 Å². The van der Waals surface area contributed by atoms with Gasteiger partial charge in [-0.3, -0.25) is 14.8 Å². The SMILES string of the molecule is CC(C)n1cc(CNC(C(=O)O)C2CC2)cn1. The molecule has 1 atom stereocenters. The minimum atomic E-state index is -0.747. The number of nitrogens with zero attached hydrogens (tertiary/aromatic N) is 2. The number of carboxylic acids is 1. The average Bonchev–Trinajstić information content (AvgIpc) is 2.95. The first-order chi connectivity index (χ1) is 8.08. The highest BCUT2D eigenvalue weighted by atomic mass is 16.4. The Morgan fingerprint density at radius 1 is 1.65 bits per heavy atom. The molecule has 1 heterocycles. The second-order valence-electron chi connectivity index (χ2n) is 4.96. The molecule has 0 aromatic carbocycles. The standard InChI is InChI=1S/C12H19N3O2/c1-8(2)15-7-9(6-14-15)5-13-11(12(16)17)10-3-4-10/h6-8,10-11,13H,3-5H2,1-2H3,(H,16,17). The van der Waals surface area contributed by atoms with Gasteiger partial charge in [0.1, 0.15) is 6.04 Å². The van der Waals surface area contributed by atoms with E-state index in [9.17, 15) is 4.79 Å². The van der Waals surface area contributed by atoms with E-state index in [4.69, 9.17) is 5.11 Å². The van der Waals surface area contributed by atoms with Gasteiger partial charge in [-0.2, -0.15) is 5.10 Å². The summed E-state index contributed by atoms with van der Waals surface area (Å²) >= 11 is 0. The maximum atomic E-state index is 11.0. The molecule has 1 aliphatic rings. The molecule has 1 saturated carbocycles. The van der Waals surface area contributed by atoms with Gasteiger partial charge in [-0.25, -0.2) is 0 Å². The van der Waals surface area contributed by atoms with Crippen molar-refractivity contribution in [2.45, 2.75) is 45.3 Å². The summed E-state index contributed by atoms with van der Waals surface area (Å²) in [6.07, 6.45) is 5.80. The molecule has 2 N–H and O–H groups in total. The predicted molar refractivity (Wildman–Crippen MR) is 63.6 cm³/mol. The van der Waals surface area contributed by atoms with Crippen LogP contribution < -0.4 is 5.32 Å². The highest BCUT2D eigenvalue weighted by Gasteiger charge is 2.35. The van der Waals surface area contributed by atoms with Crippen molar-refractivity contribution in [3.8, 4) is 0 Å². The van der Waals surface area contributed by atoms with E-state index in [0.29, 0.717) is 18.5 Å². The first-order valence-electron chi connectivity index (χ1n) is 6.07. The van der Waals surface area contributed by atoms with Crippen molar-refractivity contribution in [3.05, 3.63) is 18.0 Å². The Hall–Kier alpha value is -1.36. The molecule has 94 valence electrons. The maximum Gasteiger partial charge on any atom is 0.320 e. The zero-order chi connectivity index (χ0) is 12.4. The molecule has 17 heavy (non-hydrogen) atoms. The van der Waals surface area contributed by atoms with Crippen LogP contribution in [0.2, 0.25) is 0 Å². The van der Waals surface area contributed by atoms with Gasteiger partial charge in [0.15, 0.2) is 0 Å². The quantitative estimate of drug-likeness (QED) is 0.785. The maximum absolute atomic E-state index is 11.0. The Balaban J connectivity index is 1.89. The summed E-state index contributed by atoms with van der Waals surface area (Å²) in [4.78, 5) is 11.0. The van der Waals surface area contributed by atoms with Crippen LogP contribution in [0.5, 0.6) is 0 Å². The number of hydrogen-bond donors (Lipinski definition) is 2. The van der Waals surface area contributed by atoms with E-state index in [1.54, 1.807) is 6.20 Å². The van der Waals surface area contributed by atoms with Gasteiger partial charge in [0.05, 0.1) is 6.20 Å². The van der Waals surface area contributed by atoms with Crippen molar-refractivity contribution in [1.29, 1.82) is 0 Å². The molecule has 1 aromatic rings. The Morgan fingerprint density at radius 2 is 2.35 bits per heavy atom. The summed E-state index contributed by atoms with van der Waals surface area (Å²) < 4.78 is 1.88. The zero-order valence-electron chi connectivity index (χ0n) is 10.3. The molecule has 5 heteroatoms. The van der Waals surface area contributed by atoms with Gasteiger partial charge in [0, 0.05) is 24.3 Å². The molecule has 2 rings (SSSR count). The fourth-order valence-electron chi connectivity index (χ4n) is 1.86. The summed E-state index contributed by atoms with van der Waals surface area (Å²) in [5.41, 5.74) is 1.03. The van der Waals surface area contributed by atoms with Gasteiger partial charge in [-0.15, -0.1) is 0 Å². The van der Waals surface area contributed by atoms with Crippen LogP contribution in [0.3, 0.4) is 0 Å². The molecule has 1 fully saturated rings. The fraction of sp³-hybridized carbons (Fsp3) is 0.667. The lowest BCUT2D eigenvalue weighted by atomic mass is 10.2. The van der Waals surface area contributed by atoms with Crippen molar-refractivity contribution < 1.29 is 9.90 Å². The number of nitrogens with one attached hydrogen (secondary N) is 1. The van der Waals surface area contributed by atoms with E-state index in [1.165, 1.54) is 0 Å². The van der Waals surface area contributed by atoms with Crippen molar-refractivity contribution in [3.63, 3.8) is 0 Å². The second-order valence-corrected chi connectivity index (χ2v) is 4.96. The first-order valence-corrected chi connectivity index (χ1v) is 6.07. The van der Waals surface area contributed by atoms with Crippen LogP contribution in [0.1, 0.15) is 38.3 Å². The molecular formula is C12H19N3O2. The van der Waals surface area contributed by atoms with Gasteiger partial charge >= 0.3 is 5.97 Å². The van der Waals surface area contributed by atoms with E-state index < -0.39 is 12.0 Å². The minimum absolute atomic E-state index is 0.313. The molecule has 0 radical (unpaired) electrons. The Labute approximate surface area is 101 Å². The van der Waals surface area contributed by atoms with E-state index >= 15 is 0 Å². The molecule has 0 spiro atoms. The summed E-state index contributed by atoms with van der Waals surface area (Å²) in [7, 11) is 0. The van der Waals surface area contributed by atoms with Gasteiger partial charge in [-0.05, 0) is 32.6 Å². The van der Waals surface area contributed by atoms with E-state index in [0.717, 1.165) is 18.4 Å². The summed E-state index contributed by atoms with van der Waals surface area (Å²) in [5, 5.41) is 16.4. The van der Waals surface area contributed by atoms with E-state index in [1.807, 2.05) is 10.9 Å². The van der Waals surface area contributed by atoms with E-state index in [2.05, 4.69) is 24.3 Å². The smallest absolute Gasteiger partial charge is 0.320 e. The third-order valence-corrected chi connectivity index (χ3v) is 3.07. The molecule has 0 aliphatic heterocycles. The van der Waals surface area contributed by atoms with Gasteiger partial charge in [0.2, 0.25) is 0 Å². The molecule has 1 aliphatic carbocycles. The summed E-state index contributed by atoms with van der Waals surface area (Å²) in [6.45, 7) is 4.70.